The summed E-state index contributed by atoms with van der Waals surface area (Å²) in [7, 11) is 0. The number of aromatic nitrogens is 4. The highest BCUT2D eigenvalue weighted by Gasteiger charge is 2.39. The molecular formula is C6H18N16O6. The standard InChI is InChI=1S/C3H6N6O6.CH2N4.2CH5N3/c10-7(11)4-1-5(8(12)13)3-6(2-4)9(14)15;1-2-4-5-3-1;2*2-1(3)4/h1-3H2;1H,(H,2,3,4,5);2*(H5,2,3,4). The van der Waals surface area contributed by atoms with E-state index in [1.165, 1.54) is 6.33 Å². The van der Waals surface area contributed by atoms with E-state index in [9.17, 15) is 30.3 Å². The molecule has 0 spiro atoms. The first-order valence-corrected chi connectivity index (χ1v) is 6.41. The number of hydrazine groups is 3. The SMILES string of the molecule is N=C(N)N.N=C(N)N.O=[N+]([O-])N1CN([N+](=O)[O-])CN([N+](=O)[O-])C1.c1nn[nH]n1. The lowest BCUT2D eigenvalue weighted by molar-refractivity contribution is -0.775. The van der Waals surface area contributed by atoms with E-state index in [0.717, 1.165) is 0 Å². The molecule has 2 heterocycles. The van der Waals surface area contributed by atoms with Gasteiger partial charge in [0.05, 0.1) is 0 Å². The number of rotatable bonds is 3. The Morgan fingerprint density at radius 2 is 1.14 bits per heavy atom. The number of nitrogens with one attached hydrogen (secondary N) is 3. The van der Waals surface area contributed by atoms with Crippen LogP contribution < -0.4 is 22.9 Å². The lowest BCUT2D eigenvalue weighted by Gasteiger charge is -2.27. The van der Waals surface area contributed by atoms with E-state index in [4.69, 9.17) is 10.8 Å². The fourth-order valence-corrected chi connectivity index (χ4v) is 1.14. The molecule has 22 nitrogen and oxygen atoms in total. The molecule has 1 aliphatic heterocycles. The summed E-state index contributed by atoms with van der Waals surface area (Å²) in [5.74, 6) is -0.667. The van der Waals surface area contributed by atoms with Crippen molar-refractivity contribution >= 4 is 11.9 Å². The van der Waals surface area contributed by atoms with Crippen molar-refractivity contribution in [1.82, 2.24) is 35.7 Å². The van der Waals surface area contributed by atoms with E-state index in [0.29, 0.717) is 15.0 Å². The van der Waals surface area contributed by atoms with Crippen molar-refractivity contribution < 1.29 is 15.1 Å². The van der Waals surface area contributed by atoms with Crippen molar-refractivity contribution in [2.75, 3.05) is 20.0 Å². The van der Waals surface area contributed by atoms with Crippen LogP contribution in [0.2, 0.25) is 0 Å². The topological polar surface area (TPSA) is 345 Å². The number of aromatic amines is 1. The lowest BCUT2D eigenvalue weighted by Crippen LogP contribution is -2.59. The van der Waals surface area contributed by atoms with Gasteiger partial charge in [-0.15, -0.1) is 10.2 Å². The zero-order valence-electron chi connectivity index (χ0n) is 14.0. The Labute approximate surface area is 154 Å². The molecule has 1 aromatic rings. The summed E-state index contributed by atoms with van der Waals surface area (Å²) in [5, 5.41) is 53.6. The highest BCUT2D eigenvalue weighted by Crippen LogP contribution is 2.06. The monoisotopic (exact) mass is 410 g/mol. The average molecular weight is 410 g/mol. The Balaban J connectivity index is 0. The summed E-state index contributed by atoms with van der Waals surface area (Å²) >= 11 is 0. The molecule has 2 rings (SSSR count). The van der Waals surface area contributed by atoms with Gasteiger partial charge in [-0.05, 0) is 0 Å². The largest absolute Gasteiger partial charge is 0.370 e. The van der Waals surface area contributed by atoms with Gasteiger partial charge in [-0.1, -0.05) is 20.2 Å². The number of tetrazole rings is 1. The molecule has 28 heavy (non-hydrogen) atoms. The maximum Gasteiger partial charge on any atom is 0.212 e. The maximum absolute atomic E-state index is 10.3. The molecule has 0 amide bonds. The molecule has 0 saturated carbocycles. The van der Waals surface area contributed by atoms with Crippen LogP contribution in [-0.2, 0) is 0 Å². The molecule has 0 bridgehead atoms. The van der Waals surface area contributed by atoms with Crippen LogP contribution in [0.3, 0.4) is 0 Å². The number of guanidine groups is 2. The van der Waals surface area contributed by atoms with E-state index >= 15 is 0 Å². The van der Waals surface area contributed by atoms with Crippen LogP contribution in [0.5, 0.6) is 0 Å². The summed E-state index contributed by atoms with van der Waals surface area (Å²) in [6.45, 7) is -1.78. The molecule has 0 aliphatic carbocycles. The second-order valence-electron chi connectivity index (χ2n) is 4.13. The predicted octanol–water partition coefficient (Wildman–Crippen LogP) is -4.77. The highest BCUT2D eigenvalue weighted by atomic mass is 16.7. The molecule has 1 aromatic heterocycles. The molecule has 1 aliphatic rings. The zero-order valence-corrected chi connectivity index (χ0v) is 14.0. The summed E-state index contributed by atoms with van der Waals surface area (Å²) < 4.78 is 0. The Bertz CT molecular complexity index is 543. The minimum atomic E-state index is -0.924. The number of nitrogens with zero attached hydrogens (tertiary/aromatic N) is 9. The molecule has 1 fully saturated rings. The van der Waals surface area contributed by atoms with E-state index < -0.39 is 35.1 Å². The summed E-state index contributed by atoms with van der Waals surface area (Å²) in [4.78, 5) is 31.0. The van der Waals surface area contributed by atoms with E-state index in [2.05, 4.69) is 43.6 Å². The normalized spacial score (nSPS) is 11.9. The van der Waals surface area contributed by atoms with Gasteiger partial charge in [-0.25, -0.2) is 30.3 Å². The quantitative estimate of drug-likeness (QED) is 0.106. The van der Waals surface area contributed by atoms with Crippen LogP contribution in [0.4, 0.5) is 0 Å². The van der Waals surface area contributed by atoms with Gasteiger partial charge in [0.25, 0.3) is 0 Å². The number of hydrogen-bond acceptors (Lipinski definition) is 11. The van der Waals surface area contributed by atoms with Crippen molar-refractivity contribution in [3.63, 3.8) is 0 Å². The second-order valence-corrected chi connectivity index (χ2v) is 4.13. The molecule has 0 unspecified atom stereocenters. The highest BCUT2D eigenvalue weighted by molar-refractivity contribution is 5.72. The fourth-order valence-electron chi connectivity index (χ4n) is 1.14. The first kappa shape index (κ1) is 25.5. The van der Waals surface area contributed by atoms with Gasteiger partial charge in [0.15, 0.2) is 33.3 Å². The van der Waals surface area contributed by atoms with Gasteiger partial charge in [0, 0.05) is 0 Å². The van der Waals surface area contributed by atoms with Gasteiger partial charge in [-0.3, -0.25) is 10.8 Å². The average Bonchev–Trinajstić information content (AvgIpc) is 3.12. The molecular weight excluding hydrogens is 392 g/mol. The Morgan fingerprint density at radius 1 is 0.857 bits per heavy atom. The number of hydrogen-bond donors (Lipinski definition) is 7. The number of nitro groups is 3. The third-order valence-electron chi connectivity index (χ3n) is 1.94. The van der Waals surface area contributed by atoms with Crippen LogP contribution in [0.1, 0.15) is 0 Å². The van der Waals surface area contributed by atoms with E-state index in [-0.39, 0.29) is 11.9 Å². The van der Waals surface area contributed by atoms with Gasteiger partial charge in [0.1, 0.15) is 0 Å². The van der Waals surface area contributed by atoms with Gasteiger partial charge < -0.3 is 22.9 Å². The van der Waals surface area contributed by atoms with Crippen LogP contribution in [0.25, 0.3) is 0 Å². The lowest BCUT2D eigenvalue weighted by atomic mass is 10.7. The summed E-state index contributed by atoms with van der Waals surface area (Å²) in [5.41, 5.74) is 17.9. The smallest absolute Gasteiger partial charge is 0.212 e. The molecule has 22 heteroatoms. The van der Waals surface area contributed by atoms with Crippen molar-refractivity contribution in [1.29, 1.82) is 10.8 Å². The maximum atomic E-state index is 10.3. The minimum Gasteiger partial charge on any atom is -0.370 e. The van der Waals surface area contributed by atoms with E-state index in [1.54, 1.807) is 0 Å². The molecule has 11 N–H and O–H groups in total. The molecule has 0 radical (unpaired) electrons. The Kier molecular flexibility index (Phi) is 12.3. The van der Waals surface area contributed by atoms with Crippen LogP contribution in [0.15, 0.2) is 6.33 Å². The Morgan fingerprint density at radius 3 is 1.25 bits per heavy atom. The third kappa shape index (κ3) is 14.8. The van der Waals surface area contributed by atoms with Crippen LogP contribution >= 0.6 is 0 Å². The van der Waals surface area contributed by atoms with Gasteiger partial charge in [-0.2, -0.15) is 5.21 Å². The first-order chi connectivity index (χ1) is 12.9. The van der Waals surface area contributed by atoms with Crippen molar-refractivity contribution in [2.24, 2.45) is 22.9 Å². The van der Waals surface area contributed by atoms with Crippen molar-refractivity contribution in [3.8, 4) is 0 Å². The fraction of sp³-hybridized carbons (Fsp3) is 0.500. The zero-order chi connectivity index (χ0) is 22.3. The Hall–Kier alpha value is -4.79. The number of H-pyrrole nitrogens is 1. The van der Waals surface area contributed by atoms with Gasteiger partial charge >= 0.3 is 0 Å². The molecule has 1 saturated heterocycles. The van der Waals surface area contributed by atoms with Gasteiger partial charge in [0.2, 0.25) is 20.0 Å². The van der Waals surface area contributed by atoms with Crippen LogP contribution in [0, 0.1) is 41.2 Å². The molecule has 158 valence electrons. The summed E-state index contributed by atoms with van der Waals surface area (Å²) in [6.07, 6.45) is 1.33. The van der Waals surface area contributed by atoms with Crippen molar-refractivity contribution in [2.45, 2.75) is 0 Å². The first-order valence-electron chi connectivity index (χ1n) is 6.41. The minimum absolute atomic E-state index is 0.333. The molecule has 0 aromatic carbocycles. The second kappa shape index (κ2) is 13.5. The molecule has 0 atom stereocenters. The summed E-state index contributed by atoms with van der Waals surface area (Å²) in [6, 6.07) is 0. The number of nitrogens with two attached hydrogens (primary N) is 4. The van der Waals surface area contributed by atoms with Crippen molar-refractivity contribution in [3.05, 3.63) is 36.7 Å². The predicted molar refractivity (Wildman–Crippen MR) is 87.5 cm³/mol. The van der Waals surface area contributed by atoms with Crippen LogP contribution in [-0.4, -0.2) is 82.7 Å². The van der Waals surface area contributed by atoms with E-state index in [1.807, 2.05) is 0 Å². The third-order valence-corrected chi connectivity index (χ3v) is 1.94.